The Morgan fingerprint density at radius 1 is 1.21 bits per heavy atom. The lowest BCUT2D eigenvalue weighted by atomic mass is 9.98. The molecule has 1 aliphatic heterocycles. The Morgan fingerprint density at radius 2 is 1.86 bits per heavy atom. The number of halogens is 1. The minimum atomic E-state index is -1.28. The van der Waals surface area contributed by atoms with Gasteiger partial charge in [0.2, 0.25) is 0 Å². The quantitative estimate of drug-likeness (QED) is 0.576. The van der Waals surface area contributed by atoms with Gasteiger partial charge in [-0.2, -0.15) is 0 Å². The van der Waals surface area contributed by atoms with E-state index in [0.29, 0.717) is 16.2 Å². The van der Waals surface area contributed by atoms with Crippen LogP contribution in [0.25, 0.3) is 6.08 Å². The molecule has 0 spiro atoms. The molecule has 1 N–H and O–H groups in total. The lowest BCUT2D eigenvalue weighted by molar-refractivity contribution is -0.154. The predicted octanol–water partition coefficient (Wildman–Crippen LogP) is 3.32. The SMILES string of the molecule is CN(C)c1ccc(/C=C2\CC(CO)(COC(=O)c3ccc(Cl)cc3)OC2=O)cc1. The van der Waals surface area contributed by atoms with Crippen molar-refractivity contribution in [2.75, 3.05) is 32.2 Å². The normalized spacial score (nSPS) is 19.9. The maximum atomic E-state index is 12.3. The number of carbonyl (C=O) groups is 2. The van der Waals surface area contributed by atoms with Crippen LogP contribution >= 0.6 is 11.6 Å². The molecular formula is C22H22ClNO5. The first-order valence-corrected chi connectivity index (χ1v) is 9.44. The van der Waals surface area contributed by atoms with Gasteiger partial charge in [-0.1, -0.05) is 23.7 Å². The highest BCUT2D eigenvalue weighted by molar-refractivity contribution is 6.30. The van der Waals surface area contributed by atoms with E-state index in [9.17, 15) is 14.7 Å². The summed E-state index contributed by atoms with van der Waals surface area (Å²) in [4.78, 5) is 26.5. The number of hydrogen-bond acceptors (Lipinski definition) is 6. The molecule has 0 amide bonds. The third-order valence-corrected chi connectivity index (χ3v) is 4.92. The van der Waals surface area contributed by atoms with E-state index in [4.69, 9.17) is 21.1 Å². The van der Waals surface area contributed by atoms with E-state index in [0.717, 1.165) is 11.3 Å². The second kappa shape index (κ2) is 8.68. The first-order chi connectivity index (χ1) is 13.8. The number of anilines is 1. The summed E-state index contributed by atoms with van der Waals surface area (Å²) < 4.78 is 10.7. The highest BCUT2D eigenvalue weighted by Crippen LogP contribution is 2.32. The van der Waals surface area contributed by atoms with Crippen LogP contribution in [0.4, 0.5) is 5.69 Å². The van der Waals surface area contributed by atoms with Gasteiger partial charge in [-0.25, -0.2) is 9.59 Å². The van der Waals surface area contributed by atoms with Crippen molar-refractivity contribution in [1.82, 2.24) is 0 Å². The molecule has 1 fully saturated rings. The molecule has 0 radical (unpaired) electrons. The molecule has 1 saturated heterocycles. The fourth-order valence-electron chi connectivity index (χ4n) is 2.98. The van der Waals surface area contributed by atoms with Crippen molar-refractivity contribution in [3.05, 3.63) is 70.3 Å². The van der Waals surface area contributed by atoms with Crippen molar-refractivity contribution >= 4 is 35.3 Å². The van der Waals surface area contributed by atoms with Crippen LogP contribution < -0.4 is 4.90 Å². The van der Waals surface area contributed by atoms with Crippen LogP contribution in [0, 0.1) is 0 Å². The van der Waals surface area contributed by atoms with Gasteiger partial charge in [0, 0.05) is 36.8 Å². The molecule has 6 nitrogen and oxygen atoms in total. The molecule has 1 atom stereocenters. The maximum Gasteiger partial charge on any atom is 0.338 e. The standard InChI is InChI=1S/C22H22ClNO5/c1-24(2)19-9-3-15(4-10-19)11-17-12-22(13-25,29-21(17)27)14-28-20(26)16-5-7-18(23)8-6-16/h3-11,25H,12-14H2,1-2H3/b17-11+. The Kier molecular flexibility index (Phi) is 6.25. The molecule has 29 heavy (non-hydrogen) atoms. The Labute approximate surface area is 174 Å². The highest BCUT2D eigenvalue weighted by atomic mass is 35.5. The number of benzene rings is 2. The van der Waals surface area contributed by atoms with E-state index in [1.807, 2.05) is 43.3 Å². The average molecular weight is 416 g/mol. The van der Waals surface area contributed by atoms with Crippen molar-refractivity contribution in [2.24, 2.45) is 0 Å². The van der Waals surface area contributed by atoms with Crippen molar-refractivity contribution in [3.8, 4) is 0 Å². The van der Waals surface area contributed by atoms with Gasteiger partial charge in [0.25, 0.3) is 0 Å². The fourth-order valence-corrected chi connectivity index (χ4v) is 3.10. The van der Waals surface area contributed by atoms with Crippen LogP contribution in [0.5, 0.6) is 0 Å². The molecular weight excluding hydrogens is 394 g/mol. The average Bonchev–Trinajstić information content (AvgIpc) is 3.03. The van der Waals surface area contributed by atoms with Gasteiger partial charge in [-0.05, 0) is 48.0 Å². The van der Waals surface area contributed by atoms with Crippen LogP contribution in [0.3, 0.4) is 0 Å². The van der Waals surface area contributed by atoms with Crippen LogP contribution in [-0.4, -0.2) is 50.0 Å². The molecule has 7 heteroatoms. The largest absolute Gasteiger partial charge is 0.458 e. The van der Waals surface area contributed by atoms with Gasteiger partial charge in [0.1, 0.15) is 6.61 Å². The monoisotopic (exact) mass is 415 g/mol. The summed E-state index contributed by atoms with van der Waals surface area (Å²) in [6, 6.07) is 13.9. The van der Waals surface area contributed by atoms with E-state index in [-0.39, 0.29) is 13.0 Å². The van der Waals surface area contributed by atoms with Crippen molar-refractivity contribution in [3.63, 3.8) is 0 Å². The summed E-state index contributed by atoms with van der Waals surface area (Å²) in [5.41, 5.74) is 1.34. The second-order valence-corrected chi connectivity index (χ2v) is 7.58. The Hall–Kier alpha value is -2.83. The third kappa shape index (κ3) is 4.96. The van der Waals surface area contributed by atoms with Crippen molar-refractivity contribution in [2.45, 2.75) is 12.0 Å². The minimum absolute atomic E-state index is 0.145. The second-order valence-electron chi connectivity index (χ2n) is 7.15. The number of aliphatic hydroxyl groups excluding tert-OH is 1. The number of ether oxygens (including phenoxy) is 2. The Balaban J connectivity index is 1.69. The minimum Gasteiger partial charge on any atom is -0.458 e. The summed E-state index contributed by atoms with van der Waals surface area (Å²) >= 11 is 5.81. The van der Waals surface area contributed by atoms with Crippen LogP contribution in [0.15, 0.2) is 54.1 Å². The summed E-state index contributed by atoms with van der Waals surface area (Å²) in [5, 5.41) is 10.3. The number of aliphatic hydroxyl groups is 1. The lowest BCUT2D eigenvalue weighted by Gasteiger charge is -2.24. The van der Waals surface area contributed by atoms with E-state index >= 15 is 0 Å². The van der Waals surface area contributed by atoms with Crippen LogP contribution in [0.2, 0.25) is 5.02 Å². The van der Waals surface area contributed by atoms with Crippen LogP contribution in [-0.2, 0) is 14.3 Å². The summed E-state index contributed by atoms with van der Waals surface area (Å²) in [6.45, 7) is -0.697. The zero-order valence-corrected chi connectivity index (χ0v) is 17.0. The molecule has 2 aromatic carbocycles. The molecule has 1 aliphatic rings. The summed E-state index contributed by atoms with van der Waals surface area (Å²) in [7, 11) is 3.89. The molecule has 3 rings (SSSR count). The first-order valence-electron chi connectivity index (χ1n) is 9.07. The predicted molar refractivity (Wildman–Crippen MR) is 111 cm³/mol. The van der Waals surface area contributed by atoms with Gasteiger partial charge in [-0.3, -0.25) is 0 Å². The number of carbonyl (C=O) groups excluding carboxylic acids is 2. The number of esters is 2. The fraction of sp³-hybridized carbons (Fsp3) is 0.273. The topological polar surface area (TPSA) is 76.1 Å². The Morgan fingerprint density at radius 3 is 2.45 bits per heavy atom. The molecule has 0 aromatic heterocycles. The highest BCUT2D eigenvalue weighted by Gasteiger charge is 2.44. The van der Waals surface area contributed by atoms with E-state index < -0.39 is 24.1 Å². The van der Waals surface area contributed by atoms with E-state index in [1.54, 1.807) is 30.3 Å². The number of cyclic esters (lactones) is 1. The zero-order chi connectivity index (χ0) is 21.0. The van der Waals surface area contributed by atoms with Crippen molar-refractivity contribution < 1.29 is 24.2 Å². The van der Waals surface area contributed by atoms with Gasteiger partial charge in [0.05, 0.1) is 12.2 Å². The number of rotatable bonds is 6. The third-order valence-electron chi connectivity index (χ3n) is 4.67. The molecule has 0 bridgehead atoms. The molecule has 2 aromatic rings. The molecule has 1 unspecified atom stereocenters. The van der Waals surface area contributed by atoms with Gasteiger partial charge in [0.15, 0.2) is 5.60 Å². The maximum absolute atomic E-state index is 12.3. The van der Waals surface area contributed by atoms with Gasteiger partial charge in [-0.15, -0.1) is 0 Å². The summed E-state index contributed by atoms with van der Waals surface area (Å²) in [5.74, 6) is -1.11. The molecule has 0 aliphatic carbocycles. The first kappa shape index (κ1) is 20.9. The smallest absolute Gasteiger partial charge is 0.338 e. The van der Waals surface area contributed by atoms with Gasteiger partial charge < -0.3 is 19.5 Å². The summed E-state index contributed by atoms with van der Waals surface area (Å²) in [6.07, 6.45) is 1.87. The van der Waals surface area contributed by atoms with E-state index in [1.165, 1.54) is 0 Å². The molecule has 152 valence electrons. The van der Waals surface area contributed by atoms with Gasteiger partial charge >= 0.3 is 11.9 Å². The van der Waals surface area contributed by atoms with Crippen molar-refractivity contribution in [1.29, 1.82) is 0 Å². The van der Waals surface area contributed by atoms with Crippen LogP contribution in [0.1, 0.15) is 22.3 Å². The Bertz CT molecular complexity index is 921. The zero-order valence-electron chi connectivity index (χ0n) is 16.2. The lowest BCUT2D eigenvalue weighted by Crippen LogP contribution is -2.39. The van der Waals surface area contributed by atoms with E-state index in [2.05, 4.69) is 0 Å². The number of hydrogen-bond donors (Lipinski definition) is 1. The molecule has 0 saturated carbocycles. The molecule has 1 heterocycles. The number of nitrogens with zero attached hydrogens (tertiary/aromatic N) is 1.